The van der Waals surface area contributed by atoms with Crippen LogP contribution in [0.2, 0.25) is 0 Å². The number of hydrogen-bond acceptors (Lipinski definition) is 5. The predicted octanol–water partition coefficient (Wildman–Crippen LogP) is 2.31. The van der Waals surface area contributed by atoms with Gasteiger partial charge in [-0.1, -0.05) is 19.3 Å². The molecule has 5 nitrogen and oxygen atoms in total. The highest BCUT2D eigenvalue weighted by atomic mass is 16.5. The van der Waals surface area contributed by atoms with Gasteiger partial charge in [0.25, 0.3) is 0 Å². The fourth-order valence-corrected chi connectivity index (χ4v) is 3.19. The molecule has 23 heavy (non-hydrogen) atoms. The van der Waals surface area contributed by atoms with E-state index in [1.165, 1.54) is 32.1 Å². The van der Waals surface area contributed by atoms with Crippen LogP contribution in [-0.4, -0.2) is 42.8 Å². The Kier molecular flexibility index (Phi) is 5.51. The van der Waals surface area contributed by atoms with Gasteiger partial charge in [0.15, 0.2) is 5.78 Å². The highest BCUT2D eigenvalue weighted by Gasteiger charge is 2.19. The lowest BCUT2D eigenvalue weighted by atomic mass is 9.95. The number of aliphatic hydroxyl groups is 1. The quantitative estimate of drug-likeness (QED) is 0.842. The molecule has 0 saturated heterocycles. The second-order valence-electron chi connectivity index (χ2n) is 6.39. The van der Waals surface area contributed by atoms with Gasteiger partial charge >= 0.3 is 0 Å². The third-order valence-electron chi connectivity index (χ3n) is 4.53. The Bertz CT molecular complexity index is 540. The first-order valence-corrected chi connectivity index (χ1v) is 8.56. The third kappa shape index (κ3) is 4.45. The summed E-state index contributed by atoms with van der Waals surface area (Å²) in [6.45, 7) is 1.19. The predicted molar refractivity (Wildman–Crippen MR) is 87.3 cm³/mol. The summed E-state index contributed by atoms with van der Waals surface area (Å²) in [6, 6.07) is 5.75. The first-order valence-electron chi connectivity index (χ1n) is 8.56. The van der Waals surface area contributed by atoms with E-state index < -0.39 is 6.10 Å². The van der Waals surface area contributed by atoms with E-state index >= 15 is 0 Å². The smallest absolute Gasteiger partial charge is 0.169 e. The van der Waals surface area contributed by atoms with Crippen LogP contribution in [0.1, 0.15) is 48.9 Å². The molecule has 1 unspecified atom stereocenters. The summed E-state index contributed by atoms with van der Waals surface area (Å²) in [5.41, 5.74) is 0.614. The van der Waals surface area contributed by atoms with Crippen LogP contribution >= 0.6 is 0 Å². The van der Waals surface area contributed by atoms with Gasteiger partial charge in [0, 0.05) is 25.1 Å². The van der Waals surface area contributed by atoms with Crippen molar-refractivity contribution in [1.82, 2.24) is 5.32 Å². The first kappa shape index (κ1) is 16.3. The monoisotopic (exact) mass is 319 g/mol. The zero-order valence-electron chi connectivity index (χ0n) is 13.4. The minimum absolute atomic E-state index is 0.106. The molecule has 1 aromatic rings. The van der Waals surface area contributed by atoms with Crippen LogP contribution in [0.25, 0.3) is 0 Å². The van der Waals surface area contributed by atoms with E-state index in [0.717, 1.165) is 0 Å². The lowest BCUT2D eigenvalue weighted by Gasteiger charge is -2.24. The summed E-state index contributed by atoms with van der Waals surface area (Å²) < 4.78 is 11.1. The van der Waals surface area contributed by atoms with Gasteiger partial charge in [-0.05, 0) is 25.0 Å². The molecule has 1 heterocycles. The van der Waals surface area contributed by atoms with Crippen LogP contribution < -0.4 is 14.8 Å². The Balaban J connectivity index is 1.45. The van der Waals surface area contributed by atoms with E-state index in [9.17, 15) is 9.90 Å². The maximum Gasteiger partial charge on any atom is 0.169 e. The largest absolute Gasteiger partial charge is 0.492 e. The molecule has 1 aliphatic heterocycles. The molecule has 0 amide bonds. The summed E-state index contributed by atoms with van der Waals surface area (Å²) in [4.78, 5) is 11.7. The van der Waals surface area contributed by atoms with Crippen molar-refractivity contribution in [2.45, 2.75) is 50.7 Å². The lowest BCUT2D eigenvalue weighted by molar-refractivity contribution is 0.0928. The van der Waals surface area contributed by atoms with Crippen LogP contribution in [0.15, 0.2) is 18.2 Å². The Labute approximate surface area is 137 Å². The minimum Gasteiger partial charge on any atom is -0.492 e. The minimum atomic E-state index is -0.546. The van der Waals surface area contributed by atoms with Crippen molar-refractivity contribution in [3.63, 3.8) is 0 Å². The van der Waals surface area contributed by atoms with Crippen molar-refractivity contribution in [2.75, 3.05) is 19.8 Å². The molecule has 3 rings (SSSR count). The van der Waals surface area contributed by atoms with Gasteiger partial charge < -0.3 is 19.9 Å². The molecule has 0 spiro atoms. The van der Waals surface area contributed by atoms with E-state index in [0.29, 0.717) is 42.7 Å². The maximum atomic E-state index is 11.7. The number of benzene rings is 1. The number of Topliss-reactive ketones (excluding diaryl/α,β-unsaturated/α-hetero) is 1. The standard InChI is InChI=1S/C18H25NO4/c20-14(11-19-13-4-2-1-3-5-13)12-23-15-6-7-16-17(21)8-9-22-18(16)10-15/h6-7,10,13-14,19-20H,1-5,8-9,11-12H2. The molecular formula is C18H25NO4. The molecule has 0 aromatic heterocycles. The number of carbonyl (C=O) groups is 1. The summed E-state index contributed by atoms with van der Waals surface area (Å²) in [6.07, 6.45) is 6.16. The summed E-state index contributed by atoms with van der Waals surface area (Å²) in [5, 5.41) is 13.5. The molecular weight excluding hydrogens is 294 g/mol. The fraction of sp³-hybridized carbons (Fsp3) is 0.611. The van der Waals surface area contributed by atoms with Gasteiger partial charge in [0.2, 0.25) is 0 Å². The summed E-state index contributed by atoms with van der Waals surface area (Å²) in [7, 11) is 0. The summed E-state index contributed by atoms with van der Waals surface area (Å²) >= 11 is 0. The number of fused-ring (bicyclic) bond motifs is 1. The van der Waals surface area contributed by atoms with Crippen molar-refractivity contribution >= 4 is 5.78 Å². The number of ketones is 1. The van der Waals surface area contributed by atoms with E-state index in [1.807, 2.05) is 0 Å². The van der Waals surface area contributed by atoms with Crippen LogP contribution in [-0.2, 0) is 0 Å². The number of hydrogen-bond donors (Lipinski definition) is 2. The van der Waals surface area contributed by atoms with Gasteiger partial charge in [-0.15, -0.1) is 0 Å². The van der Waals surface area contributed by atoms with E-state index in [2.05, 4.69) is 5.32 Å². The van der Waals surface area contributed by atoms with Crippen molar-refractivity contribution in [3.8, 4) is 11.5 Å². The molecule has 2 N–H and O–H groups in total. The molecule has 1 saturated carbocycles. The molecule has 1 fully saturated rings. The topological polar surface area (TPSA) is 67.8 Å². The van der Waals surface area contributed by atoms with Crippen molar-refractivity contribution in [3.05, 3.63) is 23.8 Å². The highest BCUT2D eigenvalue weighted by molar-refractivity contribution is 5.99. The average Bonchev–Trinajstić information content (AvgIpc) is 2.59. The molecule has 1 aromatic carbocycles. The Hall–Kier alpha value is -1.59. The van der Waals surface area contributed by atoms with Gasteiger partial charge in [-0.2, -0.15) is 0 Å². The molecule has 0 bridgehead atoms. The Morgan fingerprint density at radius 1 is 1.30 bits per heavy atom. The number of carbonyl (C=O) groups excluding carboxylic acids is 1. The summed E-state index contributed by atoms with van der Waals surface area (Å²) in [5.74, 6) is 1.30. The molecule has 1 aliphatic carbocycles. The normalized spacial score (nSPS) is 19.8. The van der Waals surface area contributed by atoms with Crippen LogP contribution in [0.4, 0.5) is 0 Å². The zero-order valence-corrected chi connectivity index (χ0v) is 13.4. The average molecular weight is 319 g/mol. The number of rotatable bonds is 6. The Morgan fingerprint density at radius 3 is 2.96 bits per heavy atom. The second-order valence-corrected chi connectivity index (χ2v) is 6.39. The Morgan fingerprint density at radius 2 is 2.13 bits per heavy atom. The zero-order chi connectivity index (χ0) is 16.1. The second kappa shape index (κ2) is 7.79. The van der Waals surface area contributed by atoms with E-state index in [4.69, 9.17) is 9.47 Å². The van der Waals surface area contributed by atoms with Crippen molar-refractivity contribution in [1.29, 1.82) is 0 Å². The molecule has 5 heteroatoms. The molecule has 0 radical (unpaired) electrons. The third-order valence-corrected chi connectivity index (χ3v) is 4.53. The van der Waals surface area contributed by atoms with Gasteiger partial charge in [0.1, 0.15) is 24.2 Å². The molecule has 2 aliphatic rings. The molecule has 126 valence electrons. The lowest BCUT2D eigenvalue weighted by Crippen LogP contribution is -2.38. The van der Waals surface area contributed by atoms with E-state index in [-0.39, 0.29) is 12.4 Å². The first-order chi connectivity index (χ1) is 11.2. The number of aliphatic hydroxyl groups excluding tert-OH is 1. The van der Waals surface area contributed by atoms with E-state index in [1.54, 1.807) is 18.2 Å². The van der Waals surface area contributed by atoms with Crippen molar-refractivity contribution < 1.29 is 19.4 Å². The van der Waals surface area contributed by atoms with Gasteiger partial charge in [0.05, 0.1) is 12.2 Å². The number of ether oxygens (including phenoxy) is 2. The molecule has 1 atom stereocenters. The highest BCUT2D eigenvalue weighted by Crippen LogP contribution is 2.29. The van der Waals surface area contributed by atoms with Gasteiger partial charge in [-0.25, -0.2) is 0 Å². The van der Waals surface area contributed by atoms with Gasteiger partial charge in [-0.3, -0.25) is 4.79 Å². The maximum absolute atomic E-state index is 11.7. The van der Waals surface area contributed by atoms with Crippen molar-refractivity contribution in [2.24, 2.45) is 0 Å². The van der Waals surface area contributed by atoms with Crippen LogP contribution in [0.5, 0.6) is 11.5 Å². The number of nitrogens with one attached hydrogen (secondary N) is 1. The SMILES string of the molecule is O=C1CCOc2cc(OCC(O)CNC3CCCCC3)ccc21. The van der Waals surface area contributed by atoms with Crippen LogP contribution in [0.3, 0.4) is 0 Å². The van der Waals surface area contributed by atoms with Crippen LogP contribution in [0, 0.1) is 0 Å². The fourth-order valence-electron chi connectivity index (χ4n) is 3.19.